The highest BCUT2D eigenvalue weighted by Crippen LogP contribution is 2.33. The number of likely N-dealkylation sites (tertiary alicyclic amines) is 1. The van der Waals surface area contributed by atoms with Gasteiger partial charge < -0.3 is 9.64 Å². The first kappa shape index (κ1) is 18.3. The van der Waals surface area contributed by atoms with Gasteiger partial charge in [0.2, 0.25) is 5.91 Å². The lowest BCUT2D eigenvalue weighted by molar-refractivity contribution is -0.142. The first-order chi connectivity index (χ1) is 12.3. The predicted octanol–water partition coefficient (Wildman–Crippen LogP) is 3.58. The molecule has 0 aliphatic carbocycles. The average molecular weight is 367 g/mol. The highest BCUT2D eigenvalue weighted by atomic mass is 19.4. The normalized spacial score (nSPS) is 17.6. The van der Waals surface area contributed by atoms with Crippen molar-refractivity contribution in [3.8, 4) is 5.75 Å². The van der Waals surface area contributed by atoms with E-state index in [-0.39, 0.29) is 18.5 Å². The minimum Gasteiger partial charge on any atom is -0.497 e. The zero-order valence-electron chi connectivity index (χ0n) is 14.6. The smallest absolute Gasteiger partial charge is 0.435 e. The molecule has 0 N–H and O–H groups in total. The van der Waals surface area contributed by atoms with E-state index < -0.39 is 11.9 Å². The van der Waals surface area contributed by atoms with Gasteiger partial charge in [-0.15, -0.1) is 0 Å². The number of amides is 1. The van der Waals surface area contributed by atoms with Crippen molar-refractivity contribution in [2.24, 2.45) is 0 Å². The lowest BCUT2D eigenvalue weighted by atomic mass is 10.0. The number of aryl methyl sites for hydroxylation is 1. The first-order valence-corrected chi connectivity index (χ1v) is 8.34. The molecule has 2 heterocycles. The molecule has 1 aromatic heterocycles. The van der Waals surface area contributed by atoms with Gasteiger partial charge in [-0.25, -0.2) is 0 Å². The van der Waals surface area contributed by atoms with Gasteiger partial charge in [0, 0.05) is 12.2 Å². The lowest BCUT2D eigenvalue weighted by Crippen LogP contribution is -2.34. The number of carbonyl (C=O) groups excluding carboxylic acids is 1. The maximum atomic E-state index is 12.8. The molecule has 1 atom stereocenters. The largest absolute Gasteiger partial charge is 0.497 e. The Morgan fingerprint density at radius 2 is 2.00 bits per heavy atom. The van der Waals surface area contributed by atoms with Crippen molar-refractivity contribution in [1.82, 2.24) is 14.7 Å². The van der Waals surface area contributed by atoms with Crippen molar-refractivity contribution in [3.63, 3.8) is 0 Å². The SMILES string of the molecule is COc1ccc([C@@H]2CCCN2C(=O)Cn2nc(C(F)(F)F)cc2C)cc1. The standard InChI is InChI=1S/C18H20F3N3O2/c1-12-10-16(18(19,20)21)22-24(12)11-17(25)23-9-3-4-15(23)13-5-7-14(26-2)8-6-13/h5-8,10,15H,3-4,9,11H2,1-2H3/t15-/m0/s1. The van der Waals surface area contributed by atoms with E-state index in [0.717, 1.165) is 34.9 Å². The lowest BCUT2D eigenvalue weighted by Gasteiger charge is -2.25. The quantitative estimate of drug-likeness (QED) is 0.830. The summed E-state index contributed by atoms with van der Waals surface area (Å²) in [5.41, 5.74) is 0.326. The predicted molar refractivity (Wildman–Crippen MR) is 88.6 cm³/mol. The van der Waals surface area contributed by atoms with Crippen LogP contribution in [0.4, 0.5) is 13.2 Å². The molecule has 8 heteroatoms. The molecule has 0 spiro atoms. The van der Waals surface area contributed by atoms with E-state index in [1.54, 1.807) is 12.0 Å². The molecule has 5 nitrogen and oxygen atoms in total. The molecule has 0 radical (unpaired) electrons. The van der Waals surface area contributed by atoms with E-state index in [2.05, 4.69) is 5.10 Å². The Labute approximate surface area is 149 Å². The Morgan fingerprint density at radius 3 is 2.58 bits per heavy atom. The van der Waals surface area contributed by atoms with Crippen LogP contribution in [0, 0.1) is 6.92 Å². The van der Waals surface area contributed by atoms with Crippen LogP contribution in [0.25, 0.3) is 0 Å². The van der Waals surface area contributed by atoms with Gasteiger partial charge in [-0.2, -0.15) is 18.3 Å². The van der Waals surface area contributed by atoms with Crippen LogP contribution in [-0.2, 0) is 17.5 Å². The van der Waals surface area contributed by atoms with Crippen LogP contribution in [0.15, 0.2) is 30.3 Å². The molecule has 0 saturated carbocycles. The molecule has 1 saturated heterocycles. The third kappa shape index (κ3) is 3.68. The van der Waals surface area contributed by atoms with Crippen molar-refractivity contribution >= 4 is 5.91 Å². The fraction of sp³-hybridized carbons (Fsp3) is 0.444. The summed E-state index contributed by atoms with van der Waals surface area (Å²) >= 11 is 0. The van der Waals surface area contributed by atoms with Crippen molar-refractivity contribution < 1.29 is 22.7 Å². The van der Waals surface area contributed by atoms with E-state index in [4.69, 9.17) is 4.74 Å². The summed E-state index contributed by atoms with van der Waals surface area (Å²) in [7, 11) is 1.59. The maximum Gasteiger partial charge on any atom is 0.435 e. The Bertz CT molecular complexity index is 784. The number of halogens is 3. The van der Waals surface area contributed by atoms with Gasteiger partial charge in [0.05, 0.1) is 13.2 Å². The van der Waals surface area contributed by atoms with Crippen molar-refractivity contribution in [2.75, 3.05) is 13.7 Å². The zero-order valence-corrected chi connectivity index (χ0v) is 14.6. The Hall–Kier alpha value is -2.51. The number of hydrogen-bond donors (Lipinski definition) is 0. The highest BCUT2D eigenvalue weighted by Gasteiger charge is 2.35. The first-order valence-electron chi connectivity index (χ1n) is 8.34. The van der Waals surface area contributed by atoms with E-state index in [0.29, 0.717) is 12.2 Å². The summed E-state index contributed by atoms with van der Waals surface area (Å²) < 4.78 is 44.6. The minimum atomic E-state index is -4.52. The van der Waals surface area contributed by atoms with Crippen LogP contribution >= 0.6 is 0 Å². The molecule has 1 fully saturated rings. The van der Waals surface area contributed by atoms with Crippen LogP contribution in [0.2, 0.25) is 0 Å². The minimum absolute atomic E-state index is 0.0774. The number of alkyl halides is 3. The number of nitrogens with zero attached hydrogens (tertiary/aromatic N) is 3. The van der Waals surface area contributed by atoms with Gasteiger partial charge in [0.25, 0.3) is 0 Å². The molecule has 140 valence electrons. The van der Waals surface area contributed by atoms with Gasteiger partial charge in [-0.05, 0) is 43.5 Å². The number of aromatic nitrogens is 2. The molecular weight excluding hydrogens is 347 g/mol. The van der Waals surface area contributed by atoms with E-state index in [1.165, 1.54) is 6.92 Å². The monoisotopic (exact) mass is 367 g/mol. The van der Waals surface area contributed by atoms with Gasteiger partial charge in [0.1, 0.15) is 12.3 Å². The summed E-state index contributed by atoms with van der Waals surface area (Å²) in [6, 6.07) is 8.38. The van der Waals surface area contributed by atoms with E-state index >= 15 is 0 Å². The molecule has 1 aromatic carbocycles. The molecule has 26 heavy (non-hydrogen) atoms. The number of benzene rings is 1. The number of methoxy groups -OCH3 is 1. The maximum absolute atomic E-state index is 12.8. The zero-order chi connectivity index (χ0) is 18.9. The van der Waals surface area contributed by atoms with Crippen LogP contribution in [0.3, 0.4) is 0 Å². The molecule has 1 aliphatic rings. The number of ether oxygens (including phenoxy) is 1. The fourth-order valence-electron chi connectivity index (χ4n) is 3.27. The van der Waals surface area contributed by atoms with Crippen LogP contribution in [0.1, 0.15) is 35.8 Å². The van der Waals surface area contributed by atoms with Crippen molar-refractivity contribution in [2.45, 2.75) is 38.5 Å². The van der Waals surface area contributed by atoms with Crippen LogP contribution < -0.4 is 4.74 Å². The summed E-state index contributed by atoms with van der Waals surface area (Å²) in [6.45, 7) is 1.90. The van der Waals surface area contributed by atoms with Gasteiger partial charge >= 0.3 is 6.18 Å². The molecule has 0 unspecified atom stereocenters. The topological polar surface area (TPSA) is 47.4 Å². The van der Waals surface area contributed by atoms with Crippen LogP contribution in [-0.4, -0.2) is 34.2 Å². The second kappa shape index (κ2) is 7.01. The molecule has 0 bridgehead atoms. The molecular formula is C18H20F3N3O2. The summed E-state index contributed by atoms with van der Waals surface area (Å²) in [4.78, 5) is 14.4. The second-order valence-electron chi connectivity index (χ2n) is 6.34. The second-order valence-corrected chi connectivity index (χ2v) is 6.34. The van der Waals surface area contributed by atoms with Gasteiger partial charge in [0.15, 0.2) is 5.69 Å². The third-order valence-electron chi connectivity index (χ3n) is 4.63. The Balaban J connectivity index is 1.75. The number of hydrogen-bond acceptors (Lipinski definition) is 3. The summed E-state index contributed by atoms with van der Waals surface area (Å²) in [6.07, 6.45) is -2.84. The summed E-state index contributed by atoms with van der Waals surface area (Å²) in [5, 5.41) is 3.54. The fourth-order valence-corrected chi connectivity index (χ4v) is 3.27. The van der Waals surface area contributed by atoms with Crippen molar-refractivity contribution in [3.05, 3.63) is 47.3 Å². The van der Waals surface area contributed by atoms with E-state index in [1.807, 2.05) is 24.3 Å². The third-order valence-corrected chi connectivity index (χ3v) is 4.63. The molecule has 2 aromatic rings. The summed E-state index contributed by atoms with van der Waals surface area (Å²) in [5.74, 6) is 0.500. The number of rotatable bonds is 4. The van der Waals surface area contributed by atoms with E-state index in [9.17, 15) is 18.0 Å². The molecule has 3 rings (SSSR count). The van der Waals surface area contributed by atoms with Gasteiger partial charge in [-0.3, -0.25) is 9.48 Å². The average Bonchev–Trinajstić information content (AvgIpc) is 3.22. The highest BCUT2D eigenvalue weighted by molar-refractivity contribution is 5.77. The van der Waals surface area contributed by atoms with Crippen molar-refractivity contribution in [1.29, 1.82) is 0 Å². The Kier molecular flexibility index (Phi) is 4.93. The number of carbonyl (C=O) groups is 1. The molecule has 1 aliphatic heterocycles. The Morgan fingerprint density at radius 1 is 1.31 bits per heavy atom. The molecule has 1 amide bonds. The van der Waals surface area contributed by atoms with Crippen LogP contribution in [0.5, 0.6) is 5.75 Å². The van der Waals surface area contributed by atoms with Gasteiger partial charge in [-0.1, -0.05) is 12.1 Å².